The molecule has 17 heavy (non-hydrogen) atoms. The number of rotatable bonds is 3. The number of hydrogen-bond acceptors (Lipinski definition) is 2. The van der Waals surface area contributed by atoms with Gasteiger partial charge in [-0.05, 0) is 47.1 Å². The Kier molecular flexibility index (Phi) is 4.34. The van der Waals surface area contributed by atoms with Crippen LogP contribution in [0.25, 0.3) is 0 Å². The second-order valence-electron chi connectivity index (χ2n) is 6.63. The first-order valence-electron chi connectivity index (χ1n) is 6.28. The highest BCUT2D eigenvalue weighted by Crippen LogP contribution is 2.17. The van der Waals surface area contributed by atoms with Gasteiger partial charge in [0.25, 0.3) is 0 Å². The van der Waals surface area contributed by atoms with Gasteiger partial charge in [-0.25, -0.2) is 0 Å². The number of nitrogens with one attached hydrogen (secondary N) is 2. The molecular weight excluding hydrogens is 208 g/mol. The van der Waals surface area contributed by atoms with Crippen LogP contribution in [0.15, 0.2) is 30.3 Å². The Hall–Kier alpha value is -0.860. The minimum absolute atomic E-state index is 0.0821. The van der Waals surface area contributed by atoms with Crippen molar-refractivity contribution >= 4 is 0 Å². The summed E-state index contributed by atoms with van der Waals surface area (Å²) in [5.41, 5.74) is 1.44. The van der Waals surface area contributed by atoms with Crippen LogP contribution in [0.4, 0.5) is 0 Å². The van der Waals surface area contributed by atoms with Crippen LogP contribution >= 0.6 is 0 Å². The van der Waals surface area contributed by atoms with Gasteiger partial charge in [0.1, 0.15) is 0 Å². The molecule has 2 nitrogen and oxygen atoms in total. The second-order valence-corrected chi connectivity index (χ2v) is 6.63. The van der Waals surface area contributed by atoms with Gasteiger partial charge in [-0.15, -0.1) is 0 Å². The summed E-state index contributed by atoms with van der Waals surface area (Å²) in [6.45, 7) is 13.1. The third-order valence-corrected chi connectivity index (χ3v) is 2.29. The zero-order valence-corrected chi connectivity index (χ0v) is 12.0. The van der Waals surface area contributed by atoms with E-state index < -0.39 is 0 Å². The molecule has 0 aliphatic rings. The predicted octanol–water partition coefficient (Wildman–Crippen LogP) is 3.46. The van der Waals surface area contributed by atoms with Crippen LogP contribution in [-0.2, 0) is 0 Å². The first-order valence-corrected chi connectivity index (χ1v) is 6.28. The van der Waals surface area contributed by atoms with Crippen LogP contribution in [0.2, 0.25) is 0 Å². The average molecular weight is 234 g/mol. The van der Waals surface area contributed by atoms with Crippen molar-refractivity contribution in [3.63, 3.8) is 0 Å². The van der Waals surface area contributed by atoms with Crippen LogP contribution in [0.3, 0.4) is 0 Å². The monoisotopic (exact) mass is 234 g/mol. The fourth-order valence-electron chi connectivity index (χ4n) is 1.71. The van der Waals surface area contributed by atoms with E-state index >= 15 is 0 Å². The molecule has 0 aromatic heterocycles. The maximum Gasteiger partial charge on any atom is 0.0843 e. The minimum Gasteiger partial charge on any atom is -0.293 e. The fourth-order valence-corrected chi connectivity index (χ4v) is 1.71. The van der Waals surface area contributed by atoms with E-state index in [2.05, 4.69) is 82.5 Å². The van der Waals surface area contributed by atoms with Crippen molar-refractivity contribution in [1.29, 1.82) is 0 Å². The molecule has 1 aromatic rings. The van der Waals surface area contributed by atoms with Crippen LogP contribution in [0.1, 0.15) is 53.3 Å². The quantitative estimate of drug-likeness (QED) is 0.783. The van der Waals surface area contributed by atoms with Gasteiger partial charge >= 0.3 is 0 Å². The Bertz CT molecular complexity index is 314. The third kappa shape index (κ3) is 5.85. The standard InChI is InChI=1S/C15H26N2/c1-14(2,3)16-13(17-15(4,5)6)12-10-8-7-9-11-12/h7-11,13,16-17H,1-6H3. The topological polar surface area (TPSA) is 24.1 Å². The van der Waals surface area contributed by atoms with Crippen molar-refractivity contribution in [3.8, 4) is 0 Å². The molecule has 2 heteroatoms. The SMILES string of the molecule is CC(C)(C)NC(NC(C)(C)C)c1ccccc1. The summed E-state index contributed by atoms with van der Waals surface area (Å²) in [5, 5.41) is 7.24. The number of benzene rings is 1. The van der Waals surface area contributed by atoms with Crippen LogP contribution < -0.4 is 10.6 Å². The van der Waals surface area contributed by atoms with Gasteiger partial charge in [0.15, 0.2) is 0 Å². The van der Waals surface area contributed by atoms with Crippen molar-refractivity contribution in [2.75, 3.05) is 0 Å². The van der Waals surface area contributed by atoms with Crippen LogP contribution in [0, 0.1) is 0 Å². The van der Waals surface area contributed by atoms with E-state index in [0.717, 1.165) is 0 Å². The predicted molar refractivity (Wildman–Crippen MR) is 75.0 cm³/mol. The van der Waals surface area contributed by atoms with Gasteiger partial charge in [-0.1, -0.05) is 30.3 Å². The lowest BCUT2D eigenvalue weighted by Crippen LogP contribution is -2.50. The zero-order chi connectivity index (χ0) is 13.1. The minimum atomic E-state index is 0.0821. The molecule has 0 unspecified atom stereocenters. The average Bonchev–Trinajstić information content (AvgIpc) is 2.14. The normalized spacial score (nSPS) is 13.1. The van der Waals surface area contributed by atoms with Crippen LogP contribution in [-0.4, -0.2) is 11.1 Å². The van der Waals surface area contributed by atoms with E-state index in [0.29, 0.717) is 0 Å². The van der Waals surface area contributed by atoms with Crippen molar-refractivity contribution in [2.45, 2.75) is 58.8 Å². The molecule has 0 aliphatic heterocycles. The van der Waals surface area contributed by atoms with Crippen molar-refractivity contribution in [1.82, 2.24) is 10.6 Å². The van der Waals surface area contributed by atoms with Gasteiger partial charge in [0.05, 0.1) is 6.17 Å². The summed E-state index contributed by atoms with van der Waals surface area (Å²) < 4.78 is 0. The largest absolute Gasteiger partial charge is 0.293 e. The van der Waals surface area contributed by atoms with E-state index in [1.165, 1.54) is 5.56 Å². The lowest BCUT2D eigenvalue weighted by atomic mass is 10.0. The maximum absolute atomic E-state index is 3.62. The van der Waals surface area contributed by atoms with E-state index in [-0.39, 0.29) is 17.2 Å². The Morgan fingerprint density at radius 1 is 0.765 bits per heavy atom. The molecule has 0 aliphatic carbocycles. The Morgan fingerprint density at radius 2 is 1.18 bits per heavy atom. The number of hydrogen-bond donors (Lipinski definition) is 2. The van der Waals surface area contributed by atoms with Gasteiger partial charge in [-0.3, -0.25) is 10.6 Å². The lowest BCUT2D eigenvalue weighted by molar-refractivity contribution is 0.266. The Morgan fingerprint density at radius 3 is 1.53 bits per heavy atom. The second kappa shape index (κ2) is 5.19. The summed E-state index contributed by atoms with van der Waals surface area (Å²) >= 11 is 0. The summed E-state index contributed by atoms with van der Waals surface area (Å²) in [7, 11) is 0. The maximum atomic E-state index is 3.62. The molecule has 0 saturated heterocycles. The van der Waals surface area contributed by atoms with Gasteiger partial charge in [0.2, 0.25) is 0 Å². The summed E-state index contributed by atoms with van der Waals surface area (Å²) in [6, 6.07) is 10.5. The zero-order valence-electron chi connectivity index (χ0n) is 12.0. The summed E-state index contributed by atoms with van der Waals surface area (Å²) in [6.07, 6.45) is 0.177. The van der Waals surface area contributed by atoms with E-state index in [1.54, 1.807) is 0 Å². The smallest absolute Gasteiger partial charge is 0.0843 e. The van der Waals surface area contributed by atoms with Crippen molar-refractivity contribution in [2.24, 2.45) is 0 Å². The van der Waals surface area contributed by atoms with Gasteiger partial charge in [0, 0.05) is 11.1 Å². The molecule has 2 N–H and O–H groups in total. The van der Waals surface area contributed by atoms with Crippen molar-refractivity contribution < 1.29 is 0 Å². The van der Waals surface area contributed by atoms with Gasteiger partial charge in [-0.2, -0.15) is 0 Å². The molecule has 0 fully saturated rings. The van der Waals surface area contributed by atoms with E-state index in [9.17, 15) is 0 Å². The van der Waals surface area contributed by atoms with Gasteiger partial charge < -0.3 is 0 Å². The highest BCUT2D eigenvalue weighted by atomic mass is 15.2. The molecule has 0 bridgehead atoms. The molecule has 1 aromatic carbocycles. The van der Waals surface area contributed by atoms with Crippen LogP contribution in [0.5, 0.6) is 0 Å². The third-order valence-electron chi connectivity index (χ3n) is 2.29. The molecule has 1 rings (SSSR count). The van der Waals surface area contributed by atoms with E-state index in [4.69, 9.17) is 0 Å². The Labute approximate surface area is 106 Å². The molecule has 0 spiro atoms. The summed E-state index contributed by atoms with van der Waals surface area (Å²) in [5.74, 6) is 0. The molecule has 0 heterocycles. The molecule has 0 atom stereocenters. The summed E-state index contributed by atoms with van der Waals surface area (Å²) in [4.78, 5) is 0. The van der Waals surface area contributed by atoms with Crippen molar-refractivity contribution in [3.05, 3.63) is 35.9 Å². The lowest BCUT2D eigenvalue weighted by Gasteiger charge is -2.34. The fraction of sp³-hybridized carbons (Fsp3) is 0.600. The highest BCUT2D eigenvalue weighted by Gasteiger charge is 2.22. The highest BCUT2D eigenvalue weighted by molar-refractivity contribution is 5.19. The molecule has 0 saturated carbocycles. The first kappa shape index (κ1) is 14.2. The van der Waals surface area contributed by atoms with E-state index in [1.807, 2.05) is 0 Å². The Balaban J connectivity index is 2.87. The molecule has 0 radical (unpaired) electrons. The first-order chi connectivity index (χ1) is 7.67. The molecule has 96 valence electrons. The molecular formula is C15H26N2. The molecule has 0 amide bonds.